The van der Waals surface area contributed by atoms with Crippen LogP contribution in [0.2, 0.25) is 0 Å². The van der Waals surface area contributed by atoms with E-state index in [0.717, 1.165) is 39.0 Å². The number of rotatable bonds is 7. The molecule has 304 valence electrons. The third-order valence-electron chi connectivity index (χ3n) is 13.7. The van der Waals surface area contributed by atoms with E-state index in [0.29, 0.717) is 0 Å². The second-order valence-electron chi connectivity index (χ2n) is 17.1. The van der Waals surface area contributed by atoms with Crippen LogP contribution < -0.4 is 0 Å². The van der Waals surface area contributed by atoms with Gasteiger partial charge in [0.1, 0.15) is 11.3 Å². The molecule has 1 unspecified atom stereocenters. The van der Waals surface area contributed by atoms with Crippen molar-refractivity contribution < 1.29 is 4.42 Å². The van der Waals surface area contributed by atoms with E-state index in [-0.39, 0.29) is 0 Å². The van der Waals surface area contributed by atoms with Gasteiger partial charge in [0.25, 0.3) is 0 Å². The van der Waals surface area contributed by atoms with Crippen LogP contribution in [0.25, 0.3) is 94.3 Å². The molecule has 2 nitrogen and oxygen atoms in total. The zero-order valence-corrected chi connectivity index (χ0v) is 35.5. The number of benzene rings is 10. The van der Waals surface area contributed by atoms with Crippen LogP contribution in [0.3, 0.4) is 0 Å². The molecule has 12 aromatic rings. The Bertz CT molecular complexity index is 3620. The third kappa shape index (κ3) is 5.60. The molecular formula is C63H41NO. The lowest BCUT2D eigenvalue weighted by atomic mass is 9.66. The molecule has 0 saturated heterocycles. The summed E-state index contributed by atoms with van der Waals surface area (Å²) in [5.74, 6) is 0.936. The van der Waals surface area contributed by atoms with Crippen molar-refractivity contribution in [2.75, 3.05) is 0 Å². The van der Waals surface area contributed by atoms with E-state index in [1.807, 2.05) is 0 Å². The van der Waals surface area contributed by atoms with Crippen LogP contribution >= 0.6 is 0 Å². The quantitative estimate of drug-likeness (QED) is 0.157. The molecule has 1 atom stereocenters. The van der Waals surface area contributed by atoms with Crippen LogP contribution in [-0.4, -0.2) is 4.57 Å². The van der Waals surface area contributed by atoms with Gasteiger partial charge in [-0.15, -0.1) is 0 Å². The molecule has 65 heavy (non-hydrogen) atoms. The van der Waals surface area contributed by atoms with Gasteiger partial charge in [-0.1, -0.05) is 212 Å². The van der Waals surface area contributed by atoms with E-state index in [4.69, 9.17) is 4.42 Å². The topological polar surface area (TPSA) is 18.1 Å². The Morgan fingerprint density at radius 3 is 1.35 bits per heavy atom. The van der Waals surface area contributed by atoms with Gasteiger partial charge in [0.15, 0.2) is 0 Å². The summed E-state index contributed by atoms with van der Waals surface area (Å²) in [6, 6.07) is 90.7. The van der Waals surface area contributed by atoms with Gasteiger partial charge in [0.05, 0.1) is 22.1 Å². The molecule has 0 bridgehead atoms. The van der Waals surface area contributed by atoms with Crippen molar-refractivity contribution in [1.82, 2.24) is 4.57 Å². The fourth-order valence-electron chi connectivity index (χ4n) is 11.0. The summed E-state index contributed by atoms with van der Waals surface area (Å²) in [6.45, 7) is 0. The van der Waals surface area contributed by atoms with Crippen LogP contribution in [0.1, 0.15) is 22.3 Å². The molecule has 0 radical (unpaired) electrons. The molecule has 0 aliphatic heterocycles. The molecule has 13 rings (SSSR count). The smallest absolute Gasteiger partial charge is 0.140 e. The van der Waals surface area contributed by atoms with Crippen molar-refractivity contribution in [2.45, 2.75) is 5.41 Å². The van der Waals surface area contributed by atoms with Crippen molar-refractivity contribution in [3.8, 4) is 61.5 Å². The second kappa shape index (κ2) is 14.8. The van der Waals surface area contributed by atoms with Gasteiger partial charge >= 0.3 is 0 Å². The van der Waals surface area contributed by atoms with Crippen LogP contribution in [0.15, 0.2) is 253 Å². The van der Waals surface area contributed by atoms with Crippen molar-refractivity contribution in [3.05, 3.63) is 271 Å². The molecule has 2 aromatic heterocycles. The minimum Gasteiger partial charge on any atom is -0.456 e. The SMILES string of the molecule is c1ccc(-c2ccccc2-c2ccc3c(c2)c2cc(-c4ccccc4-c4ccccc4)ccc2n3-c2ccccc2C2(c3ccccc3)c3ccccc3-c3oc4ccccc4c32)cc1. The highest BCUT2D eigenvalue weighted by atomic mass is 16.3. The van der Waals surface area contributed by atoms with Crippen LogP contribution in [0.4, 0.5) is 0 Å². The molecule has 0 saturated carbocycles. The fourth-order valence-corrected chi connectivity index (χ4v) is 11.0. The highest BCUT2D eigenvalue weighted by Crippen LogP contribution is 2.60. The summed E-state index contributed by atoms with van der Waals surface area (Å²) in [5.41, 5.74) is 19.2. The maximum atomic E-state index is 6.89. The monoisotopic (exact) mass is 827 g/mol. The van der Waals surface area contributed by atoms with Gasteiger partial charge in [-0.3, -0.25) is 0 Å². The zero-order valence-electron chi connectivity index (χ0n) is 35.5. The maximum absolute atomic E-state index is 6.89. The third-order valence-corrected chi connectivity index (χ3v) is 13.7. The van der Waals surface area contributed by atoms with Crippen LogP contribution in [0.5, 0.6) is 0 Å². The van der Waals surface area contributed by atoms with Crippen molar-refractivity contribution in [2.24, 2.45) is 0 Å². The summed E-state index contributed by atoms with van der Waals surface area (Å²) in [5, 5.41) is 3.52. The molecule has 1 aliphatic rings. The Labute approximate surface area is 378 Å². The highest BCUT2D eigenvalue weighted by molar-refractivity contribution is 6.12. The van der Waals surface area contributed by atoms with Gasteiger partial charge in [-0.05, 0) is 97.6 Å². The molecule has 10 aromatic carbocycles. The number of para-hydroxylation sites is 2. The van der Waals surface area contributed by atoms with E-state index in [2.05, 4.69) is 253 Å². The van der Waals surface area contributed by atoms with Gasteiger partial charge < -0.3 is 8.98 Å². The molecule has 2 heterocycles. The summed E-state index contributed by atoms with van der Waals surface area (Å²) in [6.07, 6.45) is 0. The number of fused-ring (bicyclic) bond motifs is 8. The van der Waals surface area contributed by atoms with Crippen LogP contribution in [0, 0.1) is 0 Å². The Morgan fingerprint density at radius 2 is 0.769 bits per heavy atom. The highest BCUT2D eigenvalue weighted by Gasteiger charge is 2.50. The Morgan fingerprint density at radius 1 is 0.323 bits per heavy atom. The molecule has 0 N–H and O–H groups in total. The predicted octanol–water partition coefficient (Wildman–Crippen LogP) is 16.6. The Hall–Kier alpha value is -8.46. The lowest BCUT2D eigenvalue weighted by molar-refractivity contribution is 0.628. The number of hydrogen-bond acceptors (Lipinski definition) is 1. The first-order chi connectivity index (χ1) is 32.3. The maximum Gasteiger partial charge on any atom is 0.140 e. The van der Waals surface area contributed by atoms with Crippen molar-refractivity contribution >= 4 is 32.8 Å². The Kier molecular flexibility index (Phi) is 8.47. The molecule has 0 amide bonds. The van der Waals surface area contributed by atoms with E-state index in [9.17, 15) is 0 Å². The first-order valence-corrected chi connectivity index (χ1v) is 22.4. The van der Waals surface area contributed by atoms with E-state index in [1.165, 1.54) is 77.5 Å². The lowest BCUT2D eigenvalue weighted by Crippen LogP contribution is -2.30. The van der Waals surface area contributed by atoms with Gasteiger partial charge in [-0.2, -0.15) is 0 Å². The lowest BCUT2D eigenvalue weighted by Gasteiger charge is -2.35. The largest absolute Gasteiger partial charge is 0.456 e. The zero-order chi connectivity index (χ0) is 42.9. The molecule has 0 fully saturated rings. The van der Waals surface area contributed by atoms with Crippen molar-refractivity contribution in [3.63, 3.8) is 0 Å². The predicted molar refractivity (Wildman–Crippen MR) is 270 cm³/mol. The summed E-state index contributed by atoms with van der Waals surface area (Å²) >= 11 is 0. The number of nitrogens with zero attached hydrogens (tertiary/aromatic N) is 1. The molecule has 0 spiro atoms. The number of hydrogen-bond donors (Lipinski definition) is 0. The molecule has 1 aliphatic carbocycles. The van der Waals surface area contributed by atoms with E-state index < -0.39 is 5.41 Å². The van der Waals surface area contributed by atoms with E-state index >= 15 is 0 Å². The first kappa shape index (κ1) is 37.1. The van der Waals surface area contributed by atoms with E-state index in [1.54, 1.807) is 0 Å². The average Bonchev–Trinajstić information content (AvgIpc) is 4.03. The average molecular weight is 828 g/mol. The molecular weight excluding hydrogens is 787 g/mol. The number of aromatic nitrogens is 1. The van der Waals surface area contributed by atoms with Crippen LogP contribution in [-0.2, 0) is 5.41 Å². The summed E-state index contributed by atoms with van der Waals surface area (Å²) < 4.78 is 9.41. The standard InChI is InChI=1S/C63H41NO/c1-4-20-42(21-5-1)47-26-10-12-28-49(47)44-36-38-57-53(40-44)54-41-45(50-29-13-11-27-48(50)43-22-6-2-7-23-43)37-39-58(54)64(57)59-34-18-17-33-56(59)63(46-24-8-3-9-25-46)55-32-16-14-30-51(55)62-61(63)52-31-15-19-35-60(52)65-62/h1-41H. The minimum atomic E-state index is -0.692. The van der Waals surface area contributed by atoms with Crippen molar-refractivity contribution in [1.29, 1.82) is 0 Å². The fraction of sp³-hybridized carbons (Fsp3) is 0.0159. The number of furan rings is 1. The molecule has 2 heteroatoms. The first-order valence-electron chi connectivity index (χ1n) is 22.4. The summed E-state index contributed by atoms with van der Waals surface area (Å²) in [7, 11) is 0. The minimum absolute atomic E-state index is 0.692. The Balaban J connectivity index is 1.12. The summed E-state index contributed by atoms with van der Waals surface area (Å²) in [4.78, 5) is 0. The van der Waals surface area contributed by atoms with Gasteiger partial charge in [0, 0.05) is 27.3 Å². The van der Waals surface area contributed by atoms with Gasteiger partial charge in [0.2, 0.25) is 0 Å². The normalized spacial score (nSPS) is 14.2. The van der Waals surface area contributed by atoms with Gasteiger partial charge in [-0.25, -0.2) is 0 Å². The second-order valence-corrected chi connectivity index (χ2v) is 17.1.